The lowest BCUT2D eigenvalue weighted by atomic mass is 9.95. The minimum absolute atomic E-state index is 0.0525. The number of nitro groups is 1. The molecule has 0 amide bonds. The van der Waals surface area contributed by atoms with Crippen LogP contribution in [0.2, 0.25) is 0 Å². The van der Waals surface area contributed by atoms with Gasteiger partial charge in [0.05, 0.1) is 17.1 Å². The first-order valence-corrected chi connectivity index (χ1v) is 11.1. The summed E-state index contributed by atoms with van der Waals surface area (Å²) in [6, 6.07) is 8.53. The van der Waals surface area contributed by atoms with Crippen molar-refractivity contribution >= 4 is 11.5 Å². The number of anilines is 1. The molecule has 1 aromatic heterocycles. The maximum Gasteiger partial charge on any atom is 0.270 e. The first-order valence-electron chi connectivity index (χ1n) is 11.1. The van der Waals surface area contributed by atoms with Crippen LogP contribution in [0.4, 0.5) is 11.5 Å². The summed E-state index contributed by atoms with van der Waals surface area (Å²) in [5, 5.41) is 11.1. The minimum atomic E-state index is -0.388. The molecular formula is C23H31N5O3. The predicted octanol–water partition coefficient (Wildman–Crippen LogP) is 3.69. The highest BCUT2D eigenvalue weighted by molar-refractivity contribution is 5.61. The SMILES string of the molecule is Cc1cc(N2CCC(CN3CC(C)OC(C)C3)CC2)nc(-c2cccc([N+](=O)[O-])c2)n1. The lowest BCUT2D eigenvalue weighted by Gasteiger charge is -2.39. The van der Waals surface area contributed by atoms with Gasteiger partial charge in [0.2, 0.25) is 0 Å². The summed E-state index contributed by atoms with van der Waals surface area (Å²) in [5.74, 6) is 2.13. The van der Waals surface area contributed by atoms with Crippen LogP contribution in [0.15, 0.2) is 30.3 Å². The summed E-state index contributed by atoms with van der Waals surface area (Å²) in [6.07, 6.45) is 2.88. The maximum absolute atomic E-state index is 11.1. The topological polar surface area (TPSA) is 84.6 Å². The molecule has 2 unspecified atom stereocenters. The minimum Gasteiger partial charge on any atom is -0.373 e. The third-order valence-electron chi connectivity index (χ3n) is 6.11. The van der Waals surface area contributed by atoms with E-state index in [1.54, 1.807) is 6.07 Å². The van der Waals surface area contributed by atoms with Gasteiger partial charge in [-0.15, -0.1) is 0 Å². The van der Waals surface area contributed by atoms with Gasteiger partial charge in [0.1, 0.15) is 5.82 Å². The van der Waals surface area contributed by atoms with Crippen molar-refractivity contribution in [3.63, 3.8) is 0 Å². The number of ether oxygens (including phenoxy) is 1. The highest BCUT2D eigenvalue weighted by atomic mass is 16.6. The lowest BCUT2D eigenvalue weighted by Crippen LogP contribution is -2.48. The van der Waals surface area contributed by atoms with E-state index in [4.69, 9.17) is 9.72 Å². The Hall–Kier alpha value is -2.58. The second-order valence-corrected chi connectivity index (χ2v) is 8.90. The zero-order valence-electron chi connectivity index (χ0n) is 18.5. The molecule has 0 spiro atoms. The van der Waals surface area contributed by atoms with Crippen LogP contribution in [0.3, 0.4) is 0 Å². The Morgan fingerprint density at radius 3 is 2.52 bits per heavy atom. The van der Waals surface area contributed by atoms with E-state index in [0.717, 1.165) is 57.1 Å². The number of aryl methyl sites for hydroxylation is 1. The summed E-state index contributed by atoms with van der Waals surface area (Å²) in [6.45, 7) is 11.3. The Morgan fingerprint density at radius 1 is 1.13 bits per heavy atom. The summed E-state index contributed by atoms with van der Waals surface area (Å²) >= 11 is 0. The van der Waals surface area contributed by atoms with Crippen LogP contribution in [0.5, 0.6) is 0 Å². The van der Waals surface area contributed by atoms with E-state index in [2.05, 4.69) is 28.6 Å². The molecule has 1 aromatic carbocycles. The number of morpholine rings is 1. The summed E-state index contributed by atoms with van der Waals surface area (Å²) in [7, 11) is 0. The van der Waals surface area contributed by atoms with Crippen molar-refractivity contribution < 1.29 is 9.66 Å². The van der Waals surface area contributed by atoms with Crippen molar-refractivity contribution in [1.82, 2.24) is 14.9 Å². The van der Waals surface area contributed by atoms with Crippen LogP contribution in [0, 0.1) is 23.0 Å². The number of hydrogen-bond acceptors (Lipinski definition) is 7. The van der Waals surface area contributed by atoms with E-state index < -0.39 is 0 Å². The molecule has 0 N–H and O–H groups in total. The van der Waals surface area contributed by atoms with Crippen molar-refractivity contribution in [2.24, 2.45) is 5.92 Å². The molecule has 166 valence electrons. The zero-order chi connectivity index (χ0) is 22.0. The number of aromatic nitrogens is 2. The number of benzene rings is 1. The van der Waals surface area contributed by atoms with E-state index >= 15 is 0 Å². The number of hydrogen-bond donors (Lipinski definition) is 0. The number of nitrogens with zero attached hydrogens (tertiary/aromatic N) is 5. The van der Waals surface area contributed by atoms with E-state index in [9.17, 15) is 10.1 Å². The molecule has 0 radical (unpaired) electrons. The lowest BCUT2D eigenvalue weighted by molar-refractivity contribution is -0.384. The maximum atomic E-state index is 11.1. The van der Waals surface area contributed by atoms with Gasteiger partial charge in [-0.2, -0.15) is 0 Å². The Kier molecular flexibility index (Phi) is 6.48. The summed E-state index contributed by atoms with van der Waals surface area (Å²) in [5.41, 5.74) is 1.59. The Labute approximate surface area is 183 Å². The predicted molar refractivity (Wildman–Crippen MR) is 120 cm³/mol. The van der Waals surface area contributed by atoms with Crippen LogP contribution < -0.4 is 4.90 Å². The van der Waals surface area contributed by atoms with Gasteiger partial charge in [0.15, 0.2) is 5.82 Å². The van der Waals surface area contributed by atoms with Crippen LogP contribution in [0.25, 0.3) is 11.4 Å². The molecule has 8 nitrogen and oxygen atoms in total. The smallest absolute Gasteiger partial charge is 0.270 e. The van der Waals surface area contributed by atoms with Gasteiger partial charge in [-0.1, -0.05) is 12.1 Å². The highest BCUT2D eigenvalue weighted by Gasteiger charge is 2.27. The second-order valence-electron chi connectivity index (χ2n) is 8.90. The van der Waals surface area contributed by atoms with Gasteiger partial charge in [-0.05, 0) is 39.5 Å². The molecule has 8 heteroatoms. The van der Waals surface area contributed by atoms with Crippen molar-refractivity contribution in [3.8, 4) is 11.4 Å². The molecule has 2 aliphatic rings. The fourth-order valence-corrected chi connectivity index (χ4v) is 4.74. The molecule has 2 aromatic rings. The number of nitro benzene ring substituents is 1. The first kappa shape index (κ1) is 21.6. The van der Waals surface area contributed by atoms with Gasteiger partial charge in [-0.3, -0.25) is 15.0 Å². The Balaban J connectivity index is 1.42. The molecule has 2 saturated heterocycles. The highest BCUT2D eigenvalue weighted by Crippen LogP contribution is 2.27. The molecule has 3 heterocycles. The third-order valence-corrected chi connectivity index (χ3v) is 6.11. The van der Waals surface area contributed by atoms with Crippen molar-refractivity contribution in [2.75, 3.05) is 37.6 Å². The van der Waals surface area contributed by atoms with Gasteiger partial charge in [-0.25, -0.2) is 9.97 Å². The van der Waals surface area contributed by atoms with Crippen LogP contribution in [0.1, 0.15) is 32.4 Å². The first-order chi connectivity index (χ1) is 14.9. The molecule has 0 bridgehead atoms. The molecule has 0 saturated carbocycles. The van der Waals surface area contributed by atoms with E-state index in [-0.39, 0.29) is 10.6 Å². The molecule has 2 fully saturated rings. The summed E-state index contributed by atoms with van der Waals surface area (Å²) < 4.78 is 5.86. The van der Waals surface area contributed by atoms with Gasteiger partial charge in [0.25, 0.3) is 5.69 Å². The van der Waals surface area contributed by atoms with E-state index in [1.165, 1.54) is 12.1 Å². The van der Waals surface area contributed by atoms with Crippen molar-refractivity contribution in [2.45, 2.75) is 45.8 Å². The summed E-state index contributed by atoms with van der Waals surface area (Å²) in [4.78, 5) is 24.9. The van der Waals surface area contributed by atoms with Crippen LogP contribution in [-0.4, -0.2) is 64.7 Å². The van der Waals surface area contributed by atoms with Crippen molar-refractivity contribution in [1.29, 1.82) is 0 Å². The molecule has 0 aliphatic carbocycles. The van der Waals surface area contributed by atoms with Crippen LogP contribution >= 0.6 is 0 Å². The zero-order valence-corrected chi connectivity index (χ0v) is 18.5. The molecule has 31 heavy (non-hydrogen) atoms. The third kappa shape index (κ3) is 5.37. The molecule has 2 aliphatic heterocycles. The standard InChI is InChI=1S/C23H31N5O3/c1-16-11-22(25-23(24-16)20-5-4-6-21(12-20)28(29)30)27-9-7-19(8-10-27)15-26-13-17(2)31-18(3)14-26/h4-6,11-12,17-19H,7-10,13-15H2,1-3H3. The van der Waals surface area contributed by atoms with Crippen molar-refractivity contribution in [3.05, 3.63) is 46.1 Å². The number of piperidine rings is 1. The average molecular weight is 426 g/mol. The monoisotopic (exact) mass is 425 g/mol. The molecular weight excluding hydrogens is 394 g/mol. The van der Waals surface area contributed by atoms with Gasteiger partial charge < -0.3 is 9.64 Å². The fraction of sp³-hybridized carbons (Fsp3) is 0.565. The Morgan fingerprint density at radius 2 is 1.84 bits per heavy atom. The normalized spacial score (nSPS) is 23.1. The number of rotatable bonds is 5. The number of non-ortho nitro benzene ring substituents is 1. The largest absolute Gasteiger partial charge is 0.373 e. The molecule has 4 rings (SSSR count). The fourth-order valence-electron chi connectivity index (χ4n) is 4.74. The van der Waals surface area contributed by atoms with Crippen LogP contribution in [-0.2, 0) is 4.74 Å². The Bertz CT molecular complexity index is 919. The molecule has 2 atom stereocenters. The van der Waals surface area contributed by atoms with E-state index in [0.29, 0.717) is 29.5 Å². The van der Waals surface area contributed by atoms with Gasteiger partial charge in [0, 0.05) is 62.2 Å². The van der Waals surface area contributed by atoms with Gasteiger partial charge >= 0.3 is 0 Å². The second kappa shape index (κ2) is 9.28. The average Bonchev–Trinajstić information content (AvgIpc) is 2.73. The van der Waals surface area contributed by atoms with E-state index in [1.807, 2.05) is 19.1 Å². The quantitative estimate of drug-likeness (QED) is 0.533.